The summed E-state index contributed by atoms with van der Waals surface area (Å²) in [6, 6.07) is 16.7. The van der Waals surface area contributed by atoms with E-state index in [1.54, 1.807) is 24.4 Å². The molecule has 0 saturated carbocycles. The van der Waals surface area contributed by atoms with Gasteiger partial charge < -0.3 is 26.3 Å². The van der Waals surface area contributed by atoms with Crippen LogP contribution in [0.2, 0.25) is 0 Å². The molecule has 1 atom stereocenters. The summed E-state index contributed by atoms with van der Waals surface area (Å²) < 4.78 is 12.2. The van der Waals surface area contributed by atoms with Crippen molar-refractivity contribution in [3.05, 3.63) is 108 Å². The lowest BCUT2D eigenvalue weighted by Gasteiger charge is -2.16. The highest BCUT2D eigenvalue weighted by Gasteiger charge is 2.16. The molecule has 3 rings (SSSR count). The van der Waals surface area contributed by atoms with E-state index in [4.69, 9.17) is 26.4 Å². The van der Waals surface area contributed by atoms with Crippen molar-refractivity contribution in [1.29, 1.82) is 5.41 Å². The van der Waals surface area contributed by atoms with Gasteiger partial charge in [0, 0.05) is 44.7 Å². The first kappa shape index (κ1) is 27.0. The highest BCUT2D eigenvalue weighted by molar-refractivity contribution is 14.1. The molecule has 0 unspecified atom stereocenters. The van der Waals surface area contributed by atoms with Crippen LogP contribution in [-0.4, -0.2) is 23.3 Å². The van der Waals surface area contributed by atoms with Crippen LogP contribution in [0.15, 0.2) is 85.6 Å². The molecule has 0 fully saturated rings. The van der Waals surface area contributed by atoms with Crippen LogP contribution in [0.1, 0.15) is 29.3 Å². The fraction of sp³-hybridized carbons (Fsp3) is 0.179. The molecule has 0 aliphatic heterocycles. The van der Waals surface area contributed by atoms with Gasteiger partial charge in [0.05, 0.1) is 11.4 Å². The van der Waals surface area contributed by atoms with Gasteiger partial charge in [-0.15, -0.1) is 5.73 Å². The molecule has 7 nitrogen and oxygen atoms in total. The summed E-state index contributed by atoms with van der Waals surface area (Å²) in [4.78, 5) is 4.30. The number of nitrogens with zero attached hydrogens (tertiary/aromatic N) is 1. The third kappa shape index (κ3) is 7.21. The van der Waals surface area contributed by atoms with Gasteiger partial charge in [0.25, 0.3) is 0 Å². The molecule has 186 valence electrons. The number of allylic oxidation sites excluding steroid dienone is 1. The number of rotatable bonds is 12. The summed E-state index contributed by atoms with van der Waals surface area (Å²) in [5.41, 5.74) is 20.0. The third-order valence-corrected chi connectivity index (χ3v) is 5.97. The van der Waals surface area contributed by atoms with Crippen LogP contribution in [0.3, 0.4) is 0 Å². The predicted octanol–water partition coefficient (Wildman–Crippen LogP) is 5.66. The molecule has 1 heterocycles. The molecule has 0 bridgehead atoms. The number of nitrogens with two attached hydrogens (primary N) is 2. The first-order chi connectivity index (χ1) is 17.3. The van der Waals surface area contributed by atoms with Gasteiger partial charge in [-0.1, -0.05) is 35.2 Å². The number of benzene rings is 2. The molecule has 0 aliphatic carbocycles. The lowest BCUT2D eigenvalue weighted by Crippen LogP contribution is -2.22. The minimum atomic E-state index is -0.113. The van der Waals surface area contributed by atoms with Gasteiger partial charge in [0.1, 0.15) is 19.0 Å². The van der Waals surface area contributed by atoms with Crippen molar-refractivity contribution in [2.45, 2.75) is 24.0 Å². The first-order valence-electron chi connectivity index (χ1n) is 11.3. The Labute approximate surface area is 225 Å². The standard InChI is InChI=1S/C28H30IN5O2/c1-4-24(20-8-11-27(21(13-20)15-29)36-17-23-7-5-6-12-33-23)28(32)25-14-22(9-10-26(25)31)34-19(3)35-16-18(2)30/h5-14,18,32,34H,1,3,15-17,30-31H2,2H3/t18-/m1/s1. The van der Waals surface area contributed by atoms with Crippen LogP contribution < -0.4 is 21.5 Å². The minimum absolute atomic E-state index is 0.113. The molecule has 0 saturated heterocycles. The number of alkyl halides is 1. The van der Waals surface area contributed by atoms with Crippen molar-refractivity contribution in [3.63, 3.8) is 0 Å². The Hall–Kier alpha value is -3.59. The zero-order chi connectivity index (χ0) is 26.1. The Bertz CT molecular complexity index is 1280. The molecule has 8 heteroatoms. The molecule has 0 spiro atoms. The highest BCUT2D eigenvalue weighted by Crippen LogP contribution is 2.30. The number of aromatic nitrogens is 1. The second-order valence-electron chi connectivity index (χ2n) is 8.13. The maximum atomic E-state index is 8.90. The summed E-state index contributed by atoms with van der Waals surface area (Å²) in [6.45, 7) is 10.3. The summed E-state index contributed by atoms with van der Waals surface area (Å²) in [5.74, 6) is 1.13. The smallest absolute Gasteiger partial charge is 0.183 e. The van der Waals surface area contributed by atoms with Gasteiger partial charge in [-0.05, 0) is 67.6 Å². The Morgan fingerprint density at radius 2 is 2.03 bits per heavy atom. The SMILES string of the molecule is C=C=C(C(=N)c1cc(NC(=C)OC[C@@H](C)N)ccc1N)c1ccc(OCc2ccccn2)c(CI)c1. The average molecular weight is 595 g/mol. The van der Waals surface area contributed by atoms with E-state index in [-0.39, 0.29) is 11.8 Å². The van der Waals surface area contributed by atoms with Crippen molar-refractivity contribution in [1.82, 2.24) is 4.98 Å². The second-order valence-corrected chi connectivity index (χ2v) is 8.89. The summed E-state index contributed by atoms with van der Waals surface area (Å²) in [6.07, 6.45) is 1.74. The van der Waals surface area contributed by atoms with Crippen LogP contribution in [0.25, 0.3) is 5.57 Å². The van der Waals surface area contributed by atoms with Crippen molar-refractivity contribution in [2.24, 2.45) is 5.73 Å². The monoisotopic (exact) mass is 595 g/mol. The molecule has 1 aromatic heterocycles. The highest BCUT2D eigenvalue weighted by atomic mass is 127. The molecule has 2 aromatic carbocycles. The first-order valence-corrected chi connectivity index (χ1v) is 12.8. The number of anilines is 2. The molecule has 0 radical (unpaired) electrons. The Balaban J connectivity index is 1.81. The van der Waals surface area contributed by atoms with Gasteiger partial charge in [0.2, 0.25) is 0 Å². The zero-order valence-electron chi connectivity index (χ0n) is 20.2. The van der Waals surface area contributed by atoms with Gasteiger partial charge in [0.15, 0.2) is 5.88 Å². The van der Waals surface area contributed by atoms with Gasteiger partial charge in [-0.25, -0.2) is 0 Å². The number of hydrogen-bond donors (Lipinski definition) is 4. The van der Waals surface area contributed by atoms with E-state index in [2.05, 4.69) is 51.8 Å². The van der Waals surface area contributed by atoms with Gasteiger partial charge >= 0.3 is 0 Å². The summed E-state index contributed by atoms with van der Waals surface area (Å²) >= 11 is 2.29. The number of halogens is 1. The quantitative estimate of drug-likeness (QED) is 0.0536. The fourth-order valence-corrected chi connectivity index (χ4v) is 3.96. The summed E-state index contributed by atoms with van der Waals surface area (Å²) in [5, 5.41) is 12.0. The maximum Gasteiger partial charge on any atom is 0.183 e. The number of ether oxygens (including phenoxy) is 2. The van der Waals surface area contributed by atoms with E-state index in [0.717, 1.165) is 27.0 Å². The normalized spacial score (nSPS) is 11.2. The average Bonchev–Trinajstić information content (AvgIpc) is 2.88. The molecule has 36 heavy (non-hydrogen) atoms. The number of hydrogen-bond acceptors (Lipinski definition) is 7. The van der Waals surface area contributed by atoms with E-state index >= 15 is 0 Å². The zero-order valence-corrected chi connectivity index (χ0v) is 22.3. The second kappa shape index (κ2) is 12.9. The predicted molar refractivity (Wildman–Crippen MR) is 155 cm³/mol. The number of pyridine rings is 1. The number of nitrogens with one attached hydrogen (secondary N) is 2. The van der Waals surface area contributed by atoms with E-state index < -0.39 is 0 Å². The summed E-state index contributed by atoms with van der Waals surface area (Å²) in [7, 11) is 0. The fourth-order valence-electron chi connectivity index (χ4n) is 3.36. The Morgan fingerprint density at radius 3 is 2.69 bits per heavy atom. The van der Waals surface area contributed by atoms with Gasteiger partial charge in [-0.3, -0.25) is 10.4 Å². The lowest BCUT2D eigenvalue weighted by atomic mass is 9.94. The molecule has 0 amide bonds. The van der Waals surface area contributed by atoms with Crippen LogP contribution in [-0.2, 0) is 15.8 Å². The maximum absolute atomic E-state index is 8.90. The molecule has 3 aromatic rings. The largest absolute Gasteiger partial charge is 0.487 e. The minimum Gasteiger partial charge on any atom is -0.487 e. The molecule has 6 N–H and O–H groups in total. The van der Waals surface area contributed by atoms with Crippen molar-refractivity contribution < 1.29 is 9.47 Å². The molecular formula is C28H30IN5O2. The Morgan fingerprint density at radius 1 is 1.22 bits per heavy atom. The third-order valence-electron chi connectivity index (χ3n) is 5.15. The molecular weight excluding hydrogens is 565 g/mol. The van der Waals surface area contributed by atoms with E-state index in [1.165, 1.54) is 0 Å². The van der Waals surface area contributed by atoms with Gasteiger partial charge in [-0.2, -0.15) is 0 Å². The van der Waals surface area contributed by atoms with E-state index in [9.17, 15) is 0 Å². The van der Waals surface area contributed by atoms with Crippen LogP contribution in [0.5, 0.6) is 5.75 Å². The van der Waals surface area contributed by atoms with E-state index in [1.807, 2.05) is 43.3 Å². The topological polar surface area (TPSA) is 119 Å². The van der Waals surface area contributed by atoms with Crippen LogP contribution in [0.4, 0.5) is 11.4 Å². The van der Waals surface area contributed by atoms with Crippen molar-refractivity contribution in [2.75, 3.05) is 17.7 Å². The lowest BCUT2D eigenvalue weighted by molar-refractivity contribution is 0.204. The number of nitrogen functional groups attached to an aromatic ring is 1. The van der Waals surface area contributed by atoms with Crippen LogP contribution >= 0.6 is 22.6 Å². The molecule has 0 aliphatic rings. The van der Waals surface area contributed by atoms with Crippen LogP contribution in [0, 0.1) is 5.41 Å². The van der Waals surface area contributed by atoms with E-state index in [0.29, 0.717) is 41.6 Å². The van der Waals surface area contributed by atoms with Crippen molar-refractivity contribution >= 4 is 45.3 Å². The Kier molecular flexibility index (Phi) is 9.69. The van der Waals surface area contributed by atoms with Crippen molar-refractivity contribution in [3.8, 4) is 5.75 Å².